The maximum absolute atomic E-state index is 5.55. The van der Waals surface area contributed by atoms with Crippen LogP contribution >= 0.6 is 11.6 Å². The molecular formula is C11H21ClO2. The van der Waals surface area contributed by atoms with Crippen LogP contribution in [0.25, 0.3) is 0 Å². The molecule has 0 aromatic rings. The second kappa shape index (κ2) is 7.27. The Hall–Kier alpha value is -0.0500. The highest BCUT2D eigenvalue weighted by Crippen LogP contribution is 2.32. The lowest BCUT2D eigenvalue weighted by atomic mass is 9.76. The smallest absolute Gasteiger partial charge is 0.0546 e. The van der Waals surface area contributed by atoms with Gasteiger partial charge in [0.25, 0.3) is 0 Å². The van der Waals surface area contributed by atoms with E-state index in [4.69, 9.17) is 21.1 Å². The Labute approximate surface area is 92.2 Å². The van der Waals surface area contributed by atoms with Gasteiger partial charge >= 0.3 is 0 Å². The second-order valence-electron chi connectivity index (χ2n) is 3.95. The fourth-order valence-corrected chi connectivity index (χ4v) is 1.67. The van der Waals surface area contributed by atoms with Crippen LogP contribution in [0, 0.1) is 11.3 Å². The quantitative estimate of drug-likeness (QED) is 0.657. The van der Waals surface area contributed by atoms with Gasteiger partial charge in [0.1, 0.15) is 0 Å². The van der Waals surface area contributed by atoms with E-state index in [1.165, 1.54) is 0 Å². The summed E-state index contributed by atoms with van der Waals surface area (Å²) in [5, 5.41) is 0. The Morgan fingerprint density at radius 2 is 1.71 bits per heavy atom. The number of methoxy groups -OCH3 is 2. The number of allylic oxidation sites excluding steroid dienone is 1. The number of hydrogen-bond donors (Lipinski definition) is 0. The minimum Gasteiger partial charge on any atom is -0.384 e. The molecule has 0 aliphatic carbocycles. The zero-order valence-electron chi connectivity index (χ0n) is 9.55. The molecule has 0 aromatic carbocycles. The lowest BCUT2D eigenvalue weighted by Crippen LogP contribution is -2.36. The Kier molecular flexibility index (Phi) is 7.24. The summed E-state index contributed by atoms with van der Waals surface area (Å²) < 4.78 is 10.5. The molecule has 14 heavy (non-hydrogen) atoms. The highest BCUT2D eigenvalue weighted by atomic mass is 35.5. The van der Waals surface area contributed by atoms with Crippen LogP contribution in [-0.2, 0) is 9.47 Å². The van der Waals surface area contributed by atoms with Crippen LogP contribution in [0.15, 0.2) is 11.6 Å². The summed E-state index contributed by atoms with van der Waals surface area (Å²) in [6.07, 6.45) is 2.84. The van der Waals surface area contributed by atoms with E-state index >= 15 is 0 Å². The molecule has 0 amide bonds. The molecule has 0 rings (SSSR count). The predicted molar refractivity (Wildman–Crippen MR) is 60.6 cm³/mol. The normalized spacial score (nSPS) is 13.0. The standard InChI is InChI=1S/C11H21ClO2/c1-10(2)11(8-13-3,9-14-4)6-5-7-12/h5,7,10H,6,8-9H2,1-4H3. The number of ether oxygens (including phenoxy) is 2. The van der Waals surface area contributed by atoms with Crippen molar-refractivity contribution in [1.29, 1.82) is 0 Å². The SMILES string of the molecule is COCC(CC=CCl)(COC)C(C)C. The van der Waals surface area contributed by atoms with Crippen LogP contribution in [0.2, 0.25) is 0 Å². The van der Waals surface area contributed by atoms with E-state index in [1.807, 2.05) is 6.08 Å². The summed E-state index contributed by atoms with van der Waals surface area (Å²) in [6, 6.07) is 0. The zero-order valence-corrected chi connectivity index (χ0v) is 10.3. The van der Waals surface area contributed by atoms with Gasteiger partial charge in [-0.15, -0.1) is 0 Å². The lowest BCUT2D eigenvalue weighted by molar-refractivity contribution is -0.0183. The summed E-state index contributed by atoms with van der Waals surface area (Å²) in [5.74, 6) is 0.496. The van der Waals surface area contributed by atoms with Crippen LogP contribution in [-0.4, -0.2) is 27.4 Å². The van der Waals surface area contributed by atoms with Gasteiger partial charge in [-0.05, 0) is 12.3 Å². The van der Waals surface area contributed by atoms with Crippen molar-refractivity contribution in [2.45, 2.75) is 20.3 Å². The van der Waals surface area contributed by atoms with Gasteiger partial charge in [0.15, 0.2) is 0 Å². The van der Waals surface area contributed by atoms with Crippen LogP contribution in [0.4, 0.5) is 0 Å². The van der Waals surface area contributed by atoms with Gasteiger partial charge in [0.05, 0.1) is 13.2 Å². The summed E-state index contributed by atoms with van der Waals surface area (Å²) in [6.45, 7) is 5.75. The highest BCUT2D eigenvalue weighted by Gasteiger charge is 2.32. The first-order chi connectivity index (χ1) is 6.63. The molecule has 0 fully saturated rings. The van der Waals surface area contributed by atoms with Crippen molar-refractivity contribution < 1.29 is 9.47 Å². The van der Waals surface area contributed by atoms with Crippen molar-refractivity contribution in [2.75, 3.05) is 27.4 Å². The van der Waals surface area contributed by atoms with Crippen LogP contribution in [0.3, 0.4) is 0 Å². The predicted octanol–water partition coefficient (Wildman–Crippen LogP) is 3.06. The van der Waals surface area contributed by atoms with Gasteiger partial charge in [-0.1, -0.05) is 31.5 Å². The Morgan fingerprint density at radius 3 is 2.00 bits per heavy atom. The van der Waals surface area contributed by atoms with E-state index in [-0.39, 0.29) is 5.41 Å². The third-order valence-corrected chi connectivity index (χ3v) is 2.88. The van der Waals surface area contributed by atoms with Gasteiger partial charge in [-0.2, -0.15) is 0 Å². The number of rotatable bonds is 7. The number of hydrogen-bond acceptors (Lipinski definition) is 2. The average Bonchev–Trinajstić information content (AvgIpc) is 2.14. The molecule has 0 heterocycles. The van der Waals surface area contributed by atoms with Crippen LogP contribution < -0.4 is 0 Å². The van der Waals surface area contributed by atoms with Gasteiger partial charge in [-0.3, -0.25) is 0 Å². The van der Waals surface area contributed by atoms with Crippen molar-refractivity contribution >= 4 is 11.6 Å². The molecule has 0 aliphatic rings. The minimum atomic E-state index is 0.0366. The molecule has 84 valence electrons. The van der Waals surface area contributed by atoms with E-state index in [1.54, 1.807) is 19.8 Å². The molecule has 0 saturated heterocycles. The lowest BCUT2D eigenvalue weighted by Gasteiger charge is -2.35. The first-order valence-corrected chi connectivity index (χ1v) is 5.29. The molecule has 2 nitrogen and oxygen atoms in total. The summed E-state index contributed by atoms with van der Waals surface area (Å²) >= 11 is 5.55. The number of halogens is 1. The van der Waals surface area contributed by atoms with Crippen molar-refractivity contribution in [2.24, 2.45) is 11.3 Å². The molecular weight excluding hydrogens is 200 g/mol. The van der Waals surface area contributed by atoms with Crippen molar-refractivity contribution in [3.8, 4) is 0 Å². The van der Waals surface area contributed by atoms with Crippen molar-refractivity contribution in [1.82, 2.24) is 0 Å². The summed E-state index contributed by atoms with van der Waals surface area (Å²) in [5.41, 5.74) is 1.59. The summed E-state index contributed by atoms with van der Waals surface area (Å²) in [4.78, 5) is 0. The fourth-order valence-electron chi connectivity index (χ4n) is 1.58. The monoisotopic (exact) mass is 220 g/mol. The molecule has 0 aliphatic heterocycles. The van der Waals surface area contributed by atoms with E-state index in [0.717, 1.165) is 6.42 Å². The van der Waals surface area contributed by atoms with Crippen LogP contribution in [0.5, 0.6) is 0 Å². The largest absolute Gasteiger partial charge is 0.384 e. The van der Waals surface area contributed by atoms with E-state index in [9.17, 15) is 0 Å². The van der Waals surface area contributed by atoms with E-state index < -0.39 is 0 Å². The molecule has 0 unspecified atom stereocenters. The molecule has 0 saturated carbocycles. The zero-order chi connectivity index (χ0) is 11.0. The molecule has 0 radical (unpaired) electrons. The molecule has 0 spiro atoms. The maximum Gasteiger partial charge on any atom is 0.0546 e. The van der Waals surface area contributed by atoms with Gasteiger partial charge in [0, 0.05) is 25.2 Å². The van der Waals surface area contributed by atoms with Gasteiger partial charge < -0.3 is 9.47 Å². The Morgan fingerprint density at radius 1 is 1.21 bits per heavy atom. The molecule has 0 bridgehead atoms. The molecule has 0 aromatic heterocycles. The topological polar surface area (TPSA) is 18.5 Å². The first kappa shape index (κ1) is 13.9. The third-order valence-electron chi connectivity index (χ3n) is 2.70. The average molecular weight is 221 g/mol. The third kappa shape index (κ3) is 3.99. The van der Waals surface area contributed by atoms with E-state index in [0.29, 0.717) is 19.1 Å². The Balaban J connectivity index is 4.54. The Bertz CT molecular complexity index is 161. The molecule has 3 heteroatoms. The fraction of sp³-hybridized carbons (Fsp3) is 0.818. The van der Waals surface area contributed by atoms with Crippen molar-refractivity contribution in [3.05, 3.63) is 11.6 Å². The second-order valence-corrected chi connectivity index (χ2v) is 4.20. The highest BCUT2D eigenvalue weighted by molar-refractivity contribution is 6.25. The first-order valence-electron chi connectivity index (χ1n) is 4.86. The van der Waals surface area contributed by atoms with Crippen molar-refractivity contribution in [3.63, 3.8) is 0 Å². The van der Waals surface area contributed by atoms with Gasteiger partial charge in [-0.25, -0.2) is 0 Å². The van der Waals surface area contributed by atoms with Gasteiger partial charge in [0.2, 0.25) is 0 Å². The maximum atomic E-state index is 5.55. The van der Waals surface area contributed by atoms with E-state index in [2.05, 4.69) is 13.8 Å². The summed E-state index contributed by atoms with van der Waals surface area (Å²) in [7, 11) is 3.44. The minimum absolute atomic E-state index is 0.0366. The molecule has 0 atom stereocenters. The van der Waals surface area contributed by atoms with Crippen LogP contribution in [0.1, 0.15) is 20.3 Å². The molecule has 0 N–H and O–H groups in total.